The summed E-state index contributed by atoms with van der Waals surface area (Å²) < 4.78 is 0. The highest BCUT2D eigenvalue weighted by Crippen LogP contribution is 2.35. The quantitative estimate of drug-likeness (QED) is 0.749. The van der Waals surface area contributed by atoms with Crippen molar-refractivity contribution in [3.63, 3.8) is 0 Å². The van der Waals surface area contributed by atoms with Crippen LogP contribution >= 0.6 is 0 Å². The molecular weight excluding hydrogens is 214 g/mol. The number of carbonyl (C=O) groups is 1. The van der Waals surface area contributed by atoms with E-state index in [9.17, 15) is 9.90 Å². The molecule has 0 saturated heterocycles. The minimum Gasteiger partial charge on any atom is -0.511 e. The second-order valence-corrected chi connectivity index (χ2v) is 6.83. The number of carbonyl (C=O) groups excluding carboxylic acids is 1. The summed E-state index contributed by atoms with van der Waals surface area (Å²) in [6.07, 6.45) is 2.57. The van der Waals surface area contributed by atoms with Crippen molar-refractivity contribution < 1.29 is 9.90 Å². The molecule has 3 nitrogen and oxygen atoms in total. The zero-order valence-electron chi connectivity index (χ0n) is 11.5. The van der Waals surface area contributed by atoms with Crippen LogP contribution in [0.3, 0.4) is 0 Å². The molecule has 0 atom stereocenters. The maximum atomic E-state index is 11.9. The molecule has 0 aromatic carbocycles. The molecule has 0 bridgehead atoms. The third kappa shape index (κ3) is 4.33. The topological polar surface area (TPSA) is 49.7 Å². The second kappa shape index (κ2) is 4.63. The number of aliphatic hydroxyl groups excluding tert-OH is 1. The average Bonchev–Trinajstić information content (AvgIpc) is 2.06. The lowest BCUT2D eigenvalue weighted by Crippen LogP contribution is -2.26. The predicted octanol–water partition coefficient (Wildman–Crippen LogP) is 3.30. The largest absolute Gasteiger partial charge is 0.511 e. The van der Waals surface area contributed by atoms with Gasteiger partial charge in [0.1, 0.15) is 5.76 Å². The first kappa shape index (κ1) is 13.9. The van der Waals surface area contributed by atoms with Crippen molar-refractivity contribution in [1.29, 1.82) is 0 Å². The van der Waals surface area contributed by atoms with E-state index in [-0.39, 0.29) is 22.4 Å². The molecule has 0 aromatic rings. The third-order valence-corrected chi connectivity index (χ3v) is 2.68. The van der Waals surface area contributed by atoms with E-state index in [0.29, 0.717) is 25.0 Å². The van der Waals surface area contributed by atoms with Crippen molar-refractivity contribution in [3.05, 3.63) is 11.3 Å². The van der Waals surface area contributed by atoms with E-state index in [1.807, 2.05) is 13.8 Å². The molecule has 0 unspecified atom stereocenters. The van der Waals surface area contributed by atoms with Gasteiger partial charge in [-0.3, -0.25) is 9.79 Å². The van der Waals surface area contributed by atoms with Crippen LogP contribution in [0.4, 0.5) is 0 Å². The van der Waals surface area contributed by atoms with Gasteiger partial charge in [-0.25, -0.2) is 0 Å². The Morgan fingerprint density at radius 2 is 1.94 bits per heavy atom. The second-order valence-electron chi connectivity index (χ2n) is 6.83. The number of aliphatic hydroxyl groups is 1. The van der Waals surface area contributed by atoms with E-state index >= 15 is 0 Å². The van der Waals surface area contributed by atoms with Gasteiger partial charge in [0.25, 0.3) is 0 Å². The Kier molecular flexibility index (Phi) is 3.80. The van der Waals surface area contributed by atoms with Gasteiger partial charge in [-0.15, -0.1) is 0 Å². The highest BCUT2D eigenvalue weighted by molar-refractivity contribution is 6.14. The number of rotatable bonds is 2. The minimum atomic E-state index is -0.136. The van der Waals surface area contributed by atoms with Gasteiger partial charge in [-0.2, -0.15) is 0 Å². The third-order valence-electron chi connectivity index (χ3n) is 2.68. The summed E-state index contributed by atoms with van der Waals surface area (Å²) in [5.74, 6) is 0.181. The fourth-order valence-corrected chi connectivity index (χ4v) is 1.86. The van der Waals surface area contributed by atoms with E-state index in [2.05, 4.69) is 25.8 Å². The summed E-state index contributed by atoms with van der Waals surface area (Å²) in [6, 6.07) is 0. The maximum Gasteiger partial charge on any atom is 0.168 e. The number of allylic oxidation sites excluding steroid dienone is 2. The molecular formula is C14H23NO2. The van der Waals surface area contributed by atoms with E-state index in [1.165, 1.54) is 6.21 Å². The SMILES string of the molecule is CC(C)(C)CN=CC1=C(O)CC(C)(C)CC1=O. The van der Waals surface area contributed by atoms with Crippen LogP contribution in [0.5, 0.6) is 0 Å². The summed E-state index contributed by atoms with van der Waals surface area (Å²) in [4.78, 5) is 16.1. The number of hydrogen-bond donors (Lipinski definition) is 1. The monoisotopic (exact) mass is 237 g/mol. The van der Waals surface area contributed by atoms with Gasteiger partial charge in [0.05, 0.1) is 5.57 Å². The zero-order valence-corrected chi connectivity index (χ0v) is 11.5. The van der Waals surface area contributed by atoms with Crippen molar-refractivity contribution in [2.45, 2.75) is 47.5 Å². The number of nitrogens with zero attached hydrogens (tertiary/aromatic N) is 1. The van der Waals surface area contributed by atoms with E-state index in [1.54, 1.807) is 0 Å². The van der Waals surface area contributed by atoms with E-state index in [4.69, 9.17) is 0 Å². The number of aliphatic imine (C=N–C) groups is 1. The summed E-state index contributed by atoms with van der Waals surface area (Å²) >= 11 is 0. The van der Waals surface area contributed by atoms with Crippen molar-refractivity contribution in [2.24, 2.45) is 15.8 Å². The minimum absolute atomic E-state index is 0.00332. The molecule has 1 aliphatic carbocycles. The van der Waals surface area contributed by atoms with Crippen molar-refractivity contribution in [1.82, 2.24) is 0 Å². The van der Waals surface area contributed by atoms with E-state index in [0.717, 1.165) is 0 Å². The Hall–Kier alpha value is -1.12. The first-order chi connectivity index (χ1) is 7.61. The van der Waals surface area contributed by atoms with Gasteiger partial charge in [0.2, 0.25) is 0 Å². The molecule has 1 N–H and O–H groups in total. The number of hydrogen-bond acceptors (Lipinski definition) is 3. The maximum absolute atomic E-state index is 11.9. The van der Waals surface area contributed by atoms with Crippen LogP contribution in [0, 0.1) is 10.8 Å². The lowest BCUT2D eigenvalue weighted by Gasteiger charge is -2.28. The van der Waals surface area contributed by atoms with Crippen LogP contribution in [0.2, 0.25) is 0 Å². The number of Topliss-reactive ketones (excluding diaryl/α,β-unsaturated/α-hetero) is 1. The van der Waals surface area contributed by atoms with Crippen LogP contribution in [-0.4, -0.2) is 23.6 Å². The van der Waals surface area contributed by atoms with E-state index < -0.39 is 0 Å². The van der Waals surface area contributed by atoms with Crippen LogP contribution < -0.4 is 0 Å². The summed E-state index contributed by atoms with van der Waals surface area (Å²) in [6.45, 7) is 10.9. The molecule has 0 radical (unpaired) electrons. The van der Waals surface area contributed by atoms with Crippen LogP contribution in [0.15, 0.2) is 16.3 Å². The van der Waals surface area contributed by atoms with Crippen molar-refractivity contribution in [3.8, 4) is 0 Å². The molecule has 1 aliphatic rings. The Morgan fingerprint density at radius 1 is 1.35 bits per heavy atom. The fraction of sp³-hybridized carbons (Fsp3) is 0.714. The summed E-state index contributed by atoms with van der Waals surface area (Å²) in [5, 5.41) is 9.87. The lowest BCUT2D eigenvalue weighted by molar-refractivity contribution is -0.117. The highest BCUT2D eigenvalue weighted by Gasteiger charge is 2.32. The molecule has 0 amide bonds. The van der Waals surface area contributed by atoms with Gasteiger partial charge in [0, 0.05) is 25.6 Å². The van der Waals surface area contributed by atoms with Crippen molar-refractivity contribution in [2.75, 3.05) is 6.54 Å². The van der Waals surface area contributed by atoms with Gasteiger partial charge >= 0.3 is 0 Å². The van der Waals surface area contributed by atoms with Gasteiger partial charge < -0.3 is 5.11 Å². The van der Waals surface area contributed by atoms with Gasteiger partial charge in [-0.05, 0) is 10.8 Å². The molecule has 0 aliphatic heterocycles. The molecule has 0 fully saturated rings. The normalized spacial score (nSPS) is 21.4. The molecule has 96 valence electrons. The summed E-state index contributed by atoms with van der Waals surface area (Å²) in [5.41, 5.74) is 0.361. The standard InChI is InChI=1S/C14H23NO2/c1-13(2,3)9-15-8-10-11(16)6-14(4,5)7-12(10)17/h8,16H,6-7,9H2,1-5H3. The fourth-order valence-electron chi connectivity index (χ4n) is 1.86. The molecule has 0 heterocycles. The first-order valence-corrected chi connectivity index (χ1v) is 6.06. The number of ketones is 1. The molecule has 1 rings (SSSR count). The Bertz CT molecular complexity index is 370. The Balaban J connectivity index is 2.80. The Morgan fingerprint density at radius 3 is 2.41 bits per heavy atom. The first-order valence-electron chi connectivity index (χ1n) is 6.06. The van der Waals surface area contributed by atoms with Crippen LogP contribution in [0.25, 0.3) is 0 Å². The highest BCUT2D eigenvalue weighted by atomic mass is 16.3. The van der Waals surface area contributed by atoms with Crippen molar-refractivity contribution >= 4 is 12.0 Å². The molecule has 0 saturated carbocycles. The zero-order chi connectivity index (χ0) is 13.3. The summed E-state index contributed by atoms with van der Waals surface area (Å²) in [7, 11) is 0. The molecule has 3 heteroatoms. The van der Waals surface area contributed by atoms with Crippen LogP contribution in [0.1, 0.15) is 47.5 Å². The lowest BCUT2D eigenvalue weighted by atomic mass is 9.77. The van der Waals surface area contributed by atoms with Gasteiger partial charge in [-0.1, -0.05) is 34.6 Å². The molecule has 17 heavy (non-hydrogen) atoms. The molecule has 0 spiro atoms. The van der Waals surface area contributed by atoms with Gasteiger partial charge in [0.15, 0.2) is 5.78 Å². The smallest absolute Gasteiger partial charge is 0.168 e. The predicted molar refractivity (Wildman–Crippen MR) is 70.5 cm³/mol. The molecule has 0 aromatic heterocycles. The average molecular weight is 237 g/mol. The van der Waals surface area contributed by atoms with Crippen LogP contribution in [-0.2, 0) is 4.79 Å². The Labute approximate surface area is 104 Å².